The van der Waals surface area contributed by atoms with Gasteiger partial charge in [0.25, 0.3) is 0 Å². The maximum Gasteiger partial charge on any atom is 0.0725 e. The Morgan fingerprint density at radius 2 is 1.01 bits per heavy atom. The van der Waals surface area contributed by atoms with Gasteiger partial charge in [-0.25, -0.2) is 0 Å². The highest BCUT2D eigenvalue weighted by atomic mass is 14.6. The van der Waals surface area contributed by atoms with E-state index in [0.717, 1.165) is 0 Å². The summed E-state index contributed by atoms with van der Waals surface area (Å²) in [6, 6.07) is 44.5. The van der Waals surface area contributed by atoms with Gasteiger partial charge in [-0.3, -0.25) is 0 Å². The Labute approximate surface area is 440 Å². The predicted molar refractivity (Wildman–Crippen MR) is 313 cm³/mol. The minimum Gasteiger partial charge on any atom is -0.0836 e. The first-order valence-electron chi connectivity index (χ1n) is 27.9. The molecule has 0 radical (unpaired) electrons. The third-order valence-corrected chi connectivity index (χ3v) is 18.8. The molecule has 2 atom stereocenters. The Kier molecular flexibility index (Phi) is 11.3. The molecule has 7 aliphatic carbocycles. The maximum atomic E-state index is 2.51. The molecule has 7 aliphatic rings. The van der Waals surface area contributed by atoms with Crippen molar-refractivity contribution in [3.05, 3.63) is 229 Å². The van der Waals surface area contributed by atoms with Gasteiger partial charge in [-0.05, 0) is 181 Å². The summed E-state index contributed by atoms with van der Waals surface area (Å²) in [7, 11) is 0. The zero-order valence-electron chi connectivity index (χ0n) is 47.4. The van der Waals surface area contributed by atoms with E-state index in [-0.39, 0.29) is 32.5 Å². The van der Waals surface area contributed by atoms with Crippen molar-refractivity contribution in [3.8, 4) is 22.3 Å². The fraction of sp³-hybridized carbons (Fsp3) is 0.397. The van der Waals surface area contributed by atoms with Crippen molar-refractivity contribution < 1.29 is 0 Å². The van der Waals surface area contributed by atoms with E-state index in [9.17, 15) is 0 Å². The molecular weight excluding hydrogens is 877 g/mol. The van der Waals surface area contributed by atoms with Gasteiger partial charge < -0.3 is 0 Å². The molecule has 6 aromatic rings. The van der Waals surface area contributed by atoms with Crippen LogP contribution in [0.2, 0.25) is 0 Å². The lowest BCUT2D eigenvalue weighted by Crippen LogP contribution is -2.27. The van der Waals surface area contributed by atoms with Crippen LogP contribution in [-0.2, 0) is 32.5 Å². The predicted octanol–water partition coefficient (Wildman–Crippen LogP) is 19.6. The summed E-state index contributed by atoms with van der Waals surface area (Å²) in [5.41, 5.74) is 31.8. The van der Waals surface area contributed by atoms with Gasteiger partial charge >= 0.3 is 0 Å². The quantitative estimate of drug-likeness (QED) is 0.142. The van der Waals surface area contributed by atoms with Gasteiger partial charge in [0, 0.05) is 10.8 Å². The van der Waals surface area contributed by atoms with Crippen LogP contribution >= 0.6 is 0 Å². The number of rotatable bonds is 0. The van der Waals surface area contributed by atoms with Gasteiger partial charge in [0.1, 0.15) is 0 Å². The van der Waals surface area contributed by atoms with Crippen molar-refractivity contribution in [2.24, 2.45) is 11.3 Å². The Hall–Kier alpha value is -5.72. The van der Waals surface area contributed by atoms with E-state index < -0.39 is 0 Å². The number of hydrogen-bond acceptors (Lipinski definition) is 0. The highest BCUT2D eigenvalue weighted by molar-refractivity contribution is 5.95. The molecule has 6 aromatic carbocycles. The molecule has 0 nitrogen and oxygen atoms in total. The fourth-order valence-electron chi connectivity index (χ4n) is 15.9. The van der Waals surface area contributed by atoms with E-state index >= 15 is 0 Å². The zero-order valence-corrected chi connectivity index (χ0v) is 47.4. The molecule has 0 amide bonds. The van der Waals surface area contributed by atoms with Crippen LogP contribution in [0.5, 0.6) is 0 Å². The van der Waals surface area contributed by atoms with Crippen LogP contribution in [-0.4, -0.2) is 0 Å². The molecule has 0 fully saturated rings. The molecule has 2 unspecified atom stereocenters. The van der Waals surface area contributed by atoms with Crippen LogP contribution in [0.25, 0.3) is 27.8 Å². The van der Waals surface area contributed by atoms with E-state index in [1.54, 1.807) is 27.8 Å². The van der Waals surface area contributed by atoms with Crippen molar-refractivity contribution in [1.82, 2.24) is 0 Å². The standard InChI is InChI=1S/C34H34.C23H30.C16H18/c1-21-12-15-25-24-10-8-9-11-28(24)34(29(25)18-21)30-19-22(32(2,3)4)13-16-26(30)27-17-14-23(20-31(27)34)33(5,6)7;1-15-9-7-11-17-19(15)21(3,4)13-23(17)14-22(5,6)20-16(2)10-8-12-18(20)23;1-11-8-9-13-12-6-4-5-7-14(12)16(2,3)15(13)10-11/h8-20H,1-7H3;7-9,11-12,16H,10,13-14H2,1-6H3;6-10H,4-5H2,1-3H3. The van der Waals surface area contributed by atoms with E-state index in [4.69, 9.17) is 0 Å². The van der Waals surface area contributed by atoms with Crippen LogP contribution in [0.3, 0.4) is 0 Å². The Bertz CT molecular complexity index is 3340. The molecule has 0 aliphatic heterocycles. The second-order valence-corrected chi connectivity index (χ2v) is 27.4. The average Bonchev–Trinajstić information content (AvgIpc) is 4.02. The van der Waals surface area contributed by atoms with Gasteiger partial charge in [0.05, 0.1) is 5.41 Å². The molecule has 73 heavy (non-hydrogen) atoms. The van der Waals surface area contributed by atoms with Gasteiger partial charge in [-0.2, -0.15) is 0 Å². The minimum atomic E-state index is -0.273. The lowest BCUT2D eigenvalue weighted by atomic mass is 9.68. The molecule has 0 bridgehead atoms. The van der Waals surface area contributed by atoms with Gasteiger partial charge in [-0.1, -0.05) is 246 Å². The third-order valence-electron chi connectivity index (χ3n) is 18.8. The molecule has 13 rings (SSSR count). The molecule has 0 N–H and O–H groups in total. The molecule has 0 heterocycles. The van der Waals surface area contributed by atoms with Crippen molar-refractivity contribution in [1.29, 1.82) is 0 Å². The van der Waals surface area contributed by atoms with Crippen molar-refractivity contribution >= 4 is 5.57 Å². The number of aryl methyl sites for hydroxylation is 3. The van der Waals surface area contributed by atoms with Gasteiger partial charge in [0.15, 0.2) is 0 Å². The first kappa shape index (κ1) is 49.5. The van der Waals surface area contributed by atoms with E-state index in [2.05, 4.69) is 250 Å². The van der Waals surface area contributed by atoms with Crippen LogP contribution in [0.4, 0.5) is 0 Å². The smallest absolute Gasteiger partial charge is 0.0725 e. The number of allylic oxidation sites excluding steroid dienone is 8. The summed E-state index contributed by atoms with van der Waals surface area (Å²) in [6.07, 6.45) is 15.9. The lowest BCUT2D eigenvalue weighted by Gasteiger charge is -2.33. The molecule has 0 heteroatoms. The Morgan fingerprint density at radius 1 is 0.493 bits per heavy atom. The third kappa shape index (κ3) is 7.41. The molecule has 2 spiro atoms. The summed E-state index contributed by atoms with van der Waals surface area (Å²) in [6.45, 7) is 37.6. The average molecular weight is 959 g/mol. The molecular formula is C73H82. The van der Waals surface area contributed by atoms with Gasteiger partial charge in [0.2, 0.25) is 0 Å². The number of benzene rings is 6. The lowest BCUT2D eigenvalue weighted by molar-refractivity contribution is 0.308. The van der Waals surface area contributed by atoms with E-state index in [1.807, 2.05) is 0 Å². The van der Waals surface area contributed by atoms with E-state index in [0.29, 0.717) is 11.3 Å². The van der Waals surface area contributed by atoms with Crippen LogP contribution < -0.4 is 0 Å². The molecule has 0 saturated carbocycles. The van der Waals surface area contributed by atoms with E-state index in [1.165, 1.54) is 121 Å². The number of hydrogen-bond donors (Lipinski definition) is 0. The first-order chi connectivity index (χ1) is 34.3. The molecule has 0 saturated heterocycles. The summed E-state index contributed by atoms with van der Waals surface area (Å²) in [5, 5.41) is 0. The highest BCUT2D eigenvalue weighted by Crippen LogP contribution is 2.67. The van der Waals surface area contributed by atoms with Crippen molar-refractivity contribution in [2.45, 2.75) is 175 Å². The molecule has 374 valence electrons. The second-order valence-electron chi connectivity index (χ2n) is 27.4. The van der Waals surface area contributed by atoms with Gasteiger partial charge in [-0.15, -0.1) is 0 Å². The summed E-state index contributed by atoms with van der Waals surface area (Å²) in [5.74, 6) is 0.696. The monoisotopic (exact) mass is 959 g/mol. The minimum absolute atomic E-state index is 0.0924. The fourth-order valence-corrected chi connectivity index (χ4v) is 15.9. The summed E-state index contributed by atoms with van der Waals surface area (Å²) in [4.78, 5) is 0. The second kappa shape index (κ2) is 16.6. The van der Waals surface area contributed by atoms with Crippen LogP contribution in [0.1, 0.15) is 194 Å². The largest absolute Gasteiger partial charge is 0.0836 e. The van der Waals surface area contributed by atoms with Crippen molar-refractivity contribution in [2.75, 3.05) is 0 Å². The summed E-state index contributed by atoms with van der Waals surface area (Å²) < 4.78 is 0. The number of fused-ring (bicyclic) bond motifs is 16. The topological polar surface area (TPSA) is 0 Å². The SMILES string of the molecule is Cc1ccc2c(c1)C(C)(C)C1=CCCC=C12.Cc1ccc2c(c1)C1(c3ccccc3-2)c2cc(C(C)(C)C)ccc2-c2ccc(C(C)(C)C)cc21.Cc1cccc2c1C(C)(C)CC21CC(C)(C)C2=C1C=CCC2C. The van der Waals surface area contributed by atoms with Crippen LogP contribution in [0.15, 0.2) is 156 Å². The van der Waals surface area contributed by atoms with Crippen LogP contribution in [0, 0.1) is 32.1 Å². The summed E-state index contributed by atoms with van der Waals surface area (Å²) >= 11 is 0. The first-order valence-corrected chi connectivity index (χ1v) is 27.9. The Morgan fingerprint density at radius 3 is 1.64 bits per heavy atom. The normalized spacial score (nSPS) is 22.1. The maximum absolute atomic E-state index is 2.51. The van der Waals surface area contributed by atoms with Crippen molar-refractivity contribution in [3.63, 3.8) is 0 Å². The zero-order chi connectivity index (χ0) is 52.0. The highest BCUT2D eigenvalue weighted by Gasteiger charge is 2.58. The molecule has 0 aromatic heterocycles. The Balaban J connectivity index is 0.000000127.